The van der Waals surface area contributed by atoms with Crippen LogP contribution in [-0.4, -0.2) is 13.2 Å². The molecule has 0 amide bonds. The Morgan fingerprint density at radius 1 is 0.900 bits per heavy atom. The standard InChI is InChI=1S/C19H34O/c1-5-16-6-8-17(9-7-16)10-11-18-12-13-19(20-4)15(3)14(18)2/h10-11,14-19H,5-9,12-13H2,1-4H3. The maximum Gasteiger partial charge on any atom is 0.0599 e. The number of hydrogen-bond acceptors (Lipinski definition) is 1. The van der Waals surface area contributed by atoms with Gasteiger partial charge >= 0.3 is 0 Å². The first-order valence-electron chi connectivity index (χ1n) is 8.86. The van der Waals surface area contributed by atoms with Crippen LogP contribution in [0.3, 0.4) is 0 Å². The second kappa shape index (κ2) is 7.64. The van der Waals surface area contributed by atoms with Gasteiger partial charge in [-0.15, -0.1) is 0 Å². The SMILES string of the molecule is CCC1CCC(C=CC2CCC(OC)C(C)C2C)CC1. The Morgan fingerprint density at radius 3 is 2.20 bits per heavy atom. The Balaban J connectivity index is 1.83. The summed E-state index contributed by atoms with van der Waals surface area (Å²) in [6.45, 7) is 7.13. The molecule has 20 heavy (non-hydrogen) atoms. The van der Waals surface area contributed by atoms with E-state index in [1.165, 1.54) is 44.9 Å². The average Bonchev–Trinajstić information content (AvgIpc) is 2.49. The van der Waals surface area contributed by atoms with E-state index in [1.807, 2.05) is 7.11 Å². The highest BCUT2D eigenvalue weighted by Crippen LogP contribution is 2.38. The van der Waals surface area contributed by atoms with E-state index >= 15 is 0 Å². The zero-order valence-electron chi connectivity index (χ0n) is 14.0. The predicted octanol–water partition coefficient (Wildman–Crippen LogP) is 5.46. The Bertz CT molecular complexity index is 301. The molecule has 0 radical (unpaired) electrons. The summed E-state index contributed by atoms with van der Waals surface area (Å²) in [5, 5.41) is 0. The highest BCUT2D eigenvalue weighted by atomic mass is 16.5. The van der Waals surface area contributed by atoms with Crippen LogP contribution in [0.1, 0.15) is 65.7 Å². The highest BCUT2D eigenvalue weighted by Gasteiger charge is 2.32. The number of hydrogen-bond donors (Lipinski definition) is 0. The predicted molar refractivity (Wildman–Crippen MR) is 86.7 cm³/mol. The van der Waals surface area contributed by atoms with Crippen LogP contribution < -0.4 is 0 Å². The van der Waals surface area contributed by atoms with Crippen molar-refractivity contribution in [3.63, 3.8) is 0 Å². The smallest absolute Gasteiger partial charge is 0.0599 e. The molecule has 1 nitrogen and oxygen atoms in total. The van der Waals surface area contributed by atoms with Crippen molar-refractivity contribution in [1.82, 2.24) is 0 Å². The van der Waals surface area contributed by atoms with Crippen LogP contribution in [0.2, 0.25) is 0 Å². The van der Waals surface area contributed by atoms with Crippen LogP contribution >= 0.6 is 0 Å². The van der Waals surface area contributed by atoms with E-state index in [-0.39, 0.29) is 0 Å². The van der Waals surface area contributed by atoms with Gasteiger partial charge in [0.05, 0.1) is 6.10 Å². The van der Waals surface area contributed by atoms with Gasteiger partial charge in [-0.1, -0.05) is 39.3 Å². The first kappa shape index (κ1) is 16.1. The molecule has 0 aliphatic heterocycles. The number of methoxy groups -OCH3 is 1. The summed E-state index contributed by atoms with van der Waals surface area (Å²) in [5.74, 6) is 4.10. The van der Waals surface area contributed by atoms with E-state index in [1.54, 1.807) is 0 Å². The summed E-state index contributed by atoms with van der Waals surface area (Å²) in [6.07, 6.45) is 15.3. The molecule has 0 heterocycles. The lowest BCUT2D eigenvalue weighted by molar-refractivity contribution is -0.00576. The van der Waals surface area contributed by atoms with Crippen LogP contribution in [0.4, 0.5) is 0 Å². The van der Waals surface area contributed by atoms with Gasteiger partial charge in [-0.2, -0.15) is 0 Å². The summed E-state index contributed by atoms with van der Waals surface area (Å²) in [6, 6.07) is 0. The Kier molecular flexibility index (Phi) is 6.14. The maximum atomic E-state index is 5.62. The van der Waals surface area contributed by atoms with E-state index in [0.717, 1.165) is 23.7 Å². The van der Waals surface area contributed by atoms with Crippen LogP contribution in [-0.2, 0) is 4.74 Å². The summed E-state index contributed by atoms with van der Waals surface area (Å²) >= 11 is 0. The molecule has 2 fully saturated rings. The molecule has 0 aromatic carbocycles. The molecule has 0 aromatic rings. The lowest BCUT2D eigenvalue weighted by Gasteiger charge is -2.38. The van der Waals surface area contributed by atoms with E-state index in [9.17, 15) is 0 Å². The Morgan fingerprint density at radius 2 is 1.60 bits per heavy atom. The molecular weight excluding hydrogens is 244 g/mol. The number of rotatable bonds is 4. The summed E-state index contributed by atoms with van der Waals surface area (Å²) < 4.78 is 5.62. The second-order valence-electron chi connectivity index (χ2n) is 7.31. The van der Waals surface area contributed by atoms with Gasteiger partial charge in [-0.25, -0.2) is 0 Å². The van der Waals surface area contributed by atoms with Crippen LogP contribution in [0.15, 0.2) is 12.2 Å². The fraction of sp³-hybridized carbons (Fsp3) is 0.895. The molecule has 0 aromatic heterocycles. The van der Waals surface area contributed by atoms with Crippen molar-refractivity contribution in [1.29, 1.82) is 0 Å². The molecular formula is C19H34O. The zero-order chi connectivity index (χ0) is 14.5. The van der Waals surface area contributed by atoms with E-state index in [0.29, 0.717) is 12.0 Å². The van der Waals surface area contributed by atoms with Gasteiger partial charge in [0.15, 0.2) is 0 Å². The largest absolute Gasteiger partial charge is 0.381 e. The first-order chi connectivity index (χ1) is 9.65. The van der Waals surface area contributed by atoms with Crippen molar-refractivity contribution in [3.05, 3.63) is 12.2 Å². The molecule has 0 N–H and O–H groups in total. The molecule has 4 atom stereocenters. The van der Waals surface area contributed by atoms with Crippen LogP contribution in [0, 0.1) is 29.6 Å². The molecule has 116 valence electrons. The normalized spacial score (nSPS) is 43.0. The minimum atomic E-state index is 0.481. The summed E-state index contributed by atoms with van der Waals surface area (Å²) in [7, 11) is 1.87. The van der Waals surface area contributed by atoms with Gasteiger partial charge in [-0.3, -0.25) is 0 Å². The summed E-state index contributed by atoms with van der Waals surface area (Å²) in [4.78, 5) is 0. The topological polar surface area (TPSA) is 9.23 Å². The fourth-order valence-electron chi connectivity index (χ4n) is 4.30. The highest BCUT2D eigenvalue weighted by molar-refractivity contribution is 4.99. The molecule has 4 unspecified atom stereocenters. The molecule has 0 saturated heterocycles. The monoisotopic (exact) mass is 278 g/mol. The molecule has 2 rings (SSSR count). The van der Waals surface area contributed by atoms with Crippen molar-refractivity contribution in [2.75, 3.05) is 7.11 Å². The van der Waals surface area contributed by atoms with Crippen molar-refractivity contribution in [2.24, 2.45) is 29.6 Å². The number of allylic oxidation sites excluding steroid dienone is 2. The lowest BCUT2D eigenvalue weighted by Crippen LogP contribution is -2.35. The maximum absolute atomic E-state index is 5.62. The van der Waals surface area contributed by atoms with E-state index in [4.69, 9.17) is 4.74 Å². The Hall–Kier alpha value is -0.300. The van der Waals surface area contributed by atoms with Gasteiger partial charge in [-0.05, 0) is 68.1 Å². The second-order valence-corrected chi connectivity index (χ2v) is 7.31. The average molecular weight is 278 g/mol. The van der Waals surface area contributed by atoms with Crippen LogP contribution in [0.5, 0.6) is 0 Å². The van der Waals surface area contributed by atoms with E-state index in [2.05, 4.69) is 32.9 Å². The molecule has 0 spiro atoms. The zero-order valence-corrected chi connectivity index (χ0v) is 14.0. The van der Waals surface area contributed by atoms with Gasteiger partial charge in [0, 0.05) is 7.11 Å². The van der Waals surface area contributed by atoms with Gasteiger partial charge < -0.3 is 4.74 Å². The fourth-order valence-corrected chi connectivity index (χ4v) is 4.30. The van der Waals surface area contributed by atoms with Crippen molar-refractivity contribution < 1.29 is 4.74 Å². The van der Waals surface area contributed by atoms with Gasteiger partial charge in [0.1, 0.15) is 0 Å². The van der Waals surface area contributed by atoms with Crippen molar-refractivity contribution >= 4 is 0 Å². The summed E-state index contributed by atoms with van der Waals surface area (Å²) in [5.41, 5.74) is 0. The van der Waals surface area contributed by atoms with Crippen molar-refractivity contribution in [3.8, 4) is 0 Å². The molecule has 2 saturated carbocycles. The molecule has 0 bridgehead atoms. The minimum absolute atomic E-state index is 0.481. The molecule has 2 aliphatic carbocycles. The third-order valence-electron chi connectivity index (χ3n) is 6.28. The quantitative estimate of drug-likeness (QED) is 0.621. The van der Waals surface area contributed by atoms with E-state index < -0.39 is 0 Å². The molecule has 2 aliphatic rings. The van der Waals surface area contributed by atoms with Gasteiger partial charge in [0.2, 0.25) is 0 Å². The first-order valence-corrected chi connectivity index (χ1v) is 8.86. The lowest BCUT2D eigenvalue weighted by atomic mass is 9.71. The van der Waals surface area contributed by atoms with Gasteiger partial charge in [0.25, 0.3) is 0 Å². The number of ether oxygens (including phenoxy) is 1. The minimum Gasteiger partial charge on any atom is -0.381 e. The third-order valence-corrected chi connectivity index (χ3v) is 6.28. The Labute approximate surface area is 126 Å². The third kappa shape index (κ3) is 3.87. The van der Waals surface area contributed by atoms with Crippen LogP contribution in [0.25, 0.3) is 0 Å². The van der Waals surface area contributed by atoms with Crippen molar-refractivity contribution in [2.45, 2.75) is 71.8 Å². The molecule has 1 heteroatoms.